The van der Waals surface area contributed by atoms with Crippen LogP contribution in [0.2, 0.25) is 0 Å². The molecule has 4 aliphatic carbocycles. The van der Waals surface area contributed by atoms with Gasteiger partial charge in [0.05, 0.1) is 0 Å². The molecule has 0 saturated carbocycles. The predicted octanol–water partition coefficient (Wildman–Crippen LogP) is 3.33. The van der Waals surface area contributed by atoms with Crippen molar-refractivity contribution in [2.75, 3.05) is 6.54 Å². The van der Waals surface area contributed by atoms with Crippen LogP contribution in [-0.2, 0) is 0 Å². The van der Waals surface area contributed by atoms with Crippen molar-refractivity contribution in [2.45, 2.75) is 31.6 Å². The van der Waals surface area contributed by atoms with E-state index in [-0.39, 0.29) is 0 Å². The van der Waals surface area contributed by atoms with E-state index in [1.54, 1.807) is 5.56 Å². The number of fused-ring (bicyclic) bond motifs is 2. The first-order valence-electron chi connectivity index (χ1n) is 8.75. The Morgan fingerprint density at radius 2 is 1.74 bits per heavy atom. The largest absolute Gasteiger partial charge is 0.388 e. The van der Waals surface area contributed by atoms with Crippen LogP contribution in [0.5, 0.6) is 0 Å². The zero-order chi connectivity index (χ0) is 15.4. The van der Waals surface area contributed by atoms with Gasteiger partial charge < -0.3 is 5.32 Å². The van der Waals surface area contributed by atoms with Crippen molar-refractivity contribution < 1.29 is 0 Å². The Kier molecular flexibility index (Phi) is 2.78. The number of rotatable bonds is 2. The second-order valence-electron chi connectivity index (χ2n) is 6.79. The molecular formula is C22H21N. The summed E-state index contributed by atoms with van der Waals surface area (Å²) >= 11 is 0. The van der Waals surface area contributed by atoms with E-state index in [0.29, 0.717) is 11.8 Å². The molecule has 1 aromatic rings. The van der Waals surface area contributed by atoms with Gasteiger partial charge in [-0.3, -0.25) is 0 Å². The fourth-order valence-corrected chi connectivity index (χ4v) is 4.67. The normalized spacial score (nSPS) is 25.0. The average Bonchev–Trinajstić information content (AvgIpc) is 2.60. The summed E-state index contributed by atoms with van der Waals surface area (Å²) in [6, 6.07) is 0. The van der Waals surface area contributed by atoms with E-state index in [2.05, 4.69) is 66.9 Å². The zero-order valence-electron chi connectivity index (χ0n) is 13.5. The van der Waals surface area contributed by atoms with Gasteiger partial charge in [-0.15, -0.1) is 0 Å². The lowest BCUT2D eigenvalue weighted by atomic mass is 9.73. The maximum absolute atomic E-state index is 3.58. The molecular weight excluding hydrogens is 278 g/mol. The molecule has 0 amide bonds. The first-order chi connectivity index (χ1) is 11.4. The molecule has 1 N–H and O–H groups in total. The van der Waals surface area contributed by atoms with E-state index in [4.69, 9.17) is 0 Å². The molecule has 0 radical (unpaired) electrons. The number of hydrogen-bond acceptors (Lipinski definition) is 1. The van der Waals surface area contributed by atoms with Crippen molar-refractivity contribution in [2.24, 2.45) is 0 Å². The molecule has 1 heteroatoms. The van der Waals surface area contributed by atoms with Crippen LogP contribution in [0.4, 0.5) is 0 Å². The molecule has 0 spiro atoms. The summed E-state index contributed by atoms with van der Waals surface area (Å²) in [4.78, 5) is 0. The highest BCUT2D eigenvalue weighted by Gasteiger charge is 2.30. The summed E-state index contributed by atoms with van der Waals surface area (Å²) in [5.74, 6) is 1.04. The Morgan fingerprint density at radius 1 is 0.957 bits per heavy atom. The van der Waals surface area contributed by atoms with Gasteiger partial charge >= 0.3 is 0 Å². The van der Waals surface area contributed by atoms with E-state index < -0.39 is 0 Å². The van der Waals surface area contributed by atoms with Gasteiger partial charge in [0.2, 0.25) is 0 Å². The van der Waals surface area contributed by atoms with E-state index in [1.165, 1.54) is 32.8 Å². The molecule has 0 aliphatic heterocycles. The molecule has 2 unspecified atom stereocenters. The lowest BCUT2D eigenvalue weighted by Gasteiger charge is -2.33. The highest BCUT2D eigenvalue weighted by Crippen LogP contribution is 2.37. The van der Waals surface area contributed by atoms with Crippen molar-refractivity contribution in [1.29, 1.82) is 0 Å². The Morgan fingerprint density at radius 3 is 2.61 bits per heavy atom. The van der Waals surface area contributed by atoms with Crippen LogP contribution in [0.15, 0.2) is 36.1 Å². The van der Waals surface area contributed by atoms with Gasteiger partial charge in [0.25, 0.3) is 0 Å². The molecule has 0 saturated heterocycles. The Labute approximate surface area is 137 Å². The van der Waals surface area contributed by atoms with E-state index in [1.807, 2.05) is 0 Å². The summed E-state index contributed by atoms with van der Waals surface area (Å²) in [5.41, 5.74) is 7.38. The van der Waals surface area contributed by atoms with Gasteiger partial charge in [0.15, 0.2) is 0 Å². The summed E-state index contributed by atoms with van der Waals surface area (Å²) in [5, 5.41) is 6.50. The lowest BCUT2D eigenvalue weighted by Crippen LogP contribution is -2.36. The van der Waals surface area contributed by atoms with Gasteiger partial charge in [0.1, 0.15) is 0 Å². The summed E-state index contributed by atoms with van der Waals surface area (Å²) in [6.45, 7) is 3.16. The summed E-state index contributed by atoms with van der Waals surface area (Å²) < 4.78 is 0. The van der Waals surface area contributed by atoms with Gasteiger partial charge in [-0.25, -0.2) is 0 Å². The molecule has 1 aromatic carbocycles. The van der Waals surface area contributed by atoms with Crippen LogP contribution in [-0.4, -0.2) is 6.54 Å². The maximum Gasteiger partial charge on any atom is 0.0284 e. The third-order valence-corrected chi connectivity index (χ3v) is 5.58. The second-order valence-corrected chi connectivity index (χ2v) is 6.79. The van der Waals surface area contributed by atoms with Crippen LogP contribution in [0.1, 0.15) is 53.9 Å². The van der Waals surface area contributed by atoms with Crippen molar-refractivity contribution in [3.8, 4) is 0 Å². The van der Waals surface area contributed by atoms with Crippen LogP contribution < -0.4 is 15.8 Å². The number of nitrogens with one attached hydrogen (secondary N) is 1. The predicted molar refractivity (Wildman–Crippen MR) is 98.3 cm³/mol. The Bertz CT molecular complexity index is 937. The molecule has 0 fully saturated rings. The van der Waals surface area contributed by atoms with E-state index >= 15 is 0 Å². The number of allylic oxidation sites excluding steroid dienone is 6. The monoisotopic (exact) mass is 299 g/mol. The minimum absolute atomic E-state index is 0.490. The van der Waals surface area contributed by atoms with Gasteiger partial charge in [-0.05, 0) is 58.5 Å². The van der Waals surface area contributed by atoms with Crippen LogP contribution in [0, 0.1) is 0 Å². The zero-order valence-corrected chi connectivity index (χ0v) is 13.5. The van der Waals surface area contributed by atoms with Crippen molar-refractivity contribution >= 4 is 24.3 Å². The molecule has 2 atom stereocenters. The SMILES string of the molecule is CCNC1=CC=c2c3c4c(c5c2C1CC=C5)=CC=CC4CC=C3. The molecule has 23 heavy (non-hydrogen) atoms. The first kappa shape index (κ1) is 13.2. The van der Waals surface area contributed by atoms with Gasteiger partial charge in [0, 0.05) is 24.1 Å². The highest BCUT2D eigenvalue weighted by molar-refractivity contribution is 5.75. The fourth-order valence-electron chi connectivity index (χ4n) is 4.67. The minimum atomic E-state index is 0.490. The second kappa shape index (κ2) is 4.86. The van der Waals surface area contributed by atoms with Crippen LogP contribution in [0.3, 0.4) is 0 Å². The quantitative estimate of drug-likeness (QED) is 0.883. The molecule has 114 valence electrons. The number of likely N-dealkylation sites (N-methyl/N-ethyl adjacent to an activating group) is 1. The van der Waals surface area contributed by atoms with E-state index in [0.717, 1.165) is 19.4 Å². The van der Waals surface area contributed by atoms with Crippen molar-refractivity contribution in [1.82, 2.24) is 5.32 Å². The fraction of sp³-hybridized carbons (Fsp3) is 0.273. The van der Waals surface area contributed by atoms with Crippen LogP contribution in [0.25, 0.3) is 24.3 Å². The van der Waals surface area contributed by atoms with Crippen LogP contribution >= 0.6 is 0 Å². The maximum atomic E-state index is 3.58. The third-order valence-electron chi connectivity index (χ3n) is 5.58. The minimum Gasteiger partial charge on any atom is -0.388 e. The third kappa shape index (κ3) is 1.74. The average molecular weight is 299 g/mol. The summed E-state index contributed by atoms with van der Waals surface area (Å²) in [6.07, 6.45) is 23.2. The molecule has 0 heterocycles. The topological polar surface area (TPSA) is 12.0 Å². The summed E-state index contributed by atoms with van der Waals surface area (Å²) in [7, 11) is 0. The Hall–Kier alpha value is -2.28. The first-order valence-corrected chi connectivity index (χ1v) is 8.75. The molecule has 5 rings (SSSR count). The number of benzene rings is 1. The highest BCUT2D eigenvalue weighted by atomic mass is 14.9. The van der Waals surface area contributed by atoms with E-state index in [9.17, 15) is 0 Å². The molecule has 1 nitrogen and oxygen atoms in total. The van der Waals surface area contributed by atoms with Crippen molar-refractivity contribution in [3.63, 3.8) is 0 Å². The van der Waals surface area contributed by atoms with Gasteiger partial charge in [-0.1, -0.05) is 48.6 Å². The van der Waals surface area contributed by atoms with Crippen molar-refractivity contribution in [3.05, 3.63) is 68.8 Å². The molecule has 4 aliphatic rings. The smallest absolute Gasteiger partial charge is 0.0284 e. The standard InChI is InChI=1S/C22H21N/c1-2-23-20-13-12-18-16-9-4-7-14-6-3-8-15(21(14)16)17-10-5-11-19(20)22(17)18/h3-6,8-10,12-14,19,23H,2,7,11H2,1H3. The van der Waals surface area contributed by atoms with Gasteiger partial charge in [-0.2, -0.15) is 0 Å². The number of hydrogen-bond donors (Lipinski definition) is 1. The Balaban J connectivity index is 1.91. The molecule has 0 aromatic heterocycles. The molecule has 0 bridgehead atoms. The lowest BCUT2D eigenvalue weighted by molar-refractivity contribution is 0.687.